The van der Waals surface area contributed by atoms with Crippen LogP contribution in [0.3, 0.4) is 0 Å². The Hall–Kier alpha value is -5.25. The largest absolute Gasteiger partial charge is 0.437 e. The molecule has 0 spiro atoms. The minimum Gasteiger partial charge on any atom is -0.437 e. The van der Waals surface area contributed by atoms with Crippen molar-refractivity contribution < 1.29 is 14.3 Å². The molecule has 5 rings (SSSR count). The summed E-state index contributed by atoms with van der Waals surface area (Å²) in [6, 6.07) is 22.0. The third-order valence-corrected chi connectivity index (χ3v) is 5.96. The summed E-state index contributed by atoms with van der Waals surface area (Å²) >= 11 is 0. The van der Waals surface area contributed by atoms with E-state index < -0.39 is 0 Å². The van der Waals surface area contributed by atoms with Gasteiger partial charge < -0.3 is 25.1 Å². The number of aryl methyl sites for hydroxylation is 1. The zero-order valence-electron chi connectivity index (χ0n) is 21.7. The maximum absolute atomic E-state index is 12.4. The molecule has 0 aliphatic carbocycles. The fraction of sp³-hybridized carbons (Fsp3) is 0.138. The van der Waals surface area contributed by atoms with Crippen molar-refractivity contribution in [2.75, 3.05) is 14.1 Å². The van der Waals surface area contributed by atoms with Gasteiger partial charge >= 0.3 is 6.01 Å². The van der Waals surface area contributed by atoms with Crippen molar-refractivity contribution in [3.63, 3.8) is 0 Å². The molecule has 2 heterocycles. The third-order valence-electron chi connectivity index (χ3n) is 5.96. The lowest BCUT2D eigenvalue weighted by Crippen LogP contribution is -2.21. The van der Waals surface area contributed by atoms with E-state index in [2.05, 4.69) is 15.0 Å². The average molecular weight is 522 g/mol. The molecule has 0 aliphatic heterocycles. The van der Waals surface area contributed by atoms with E-state index in [1.165, 1.54) is 4.90 Å². The highest BCUT2D eigenvalue weighted by Gasteiger charge is 2.18. The van der Waals surface area contributed by atoms with Gasteiger partial charge in [0, 0.05) is 31.6 Å². The van der Waals surface area contributed by atoms with E-state index in [0.29, 0.717) is 46.0 Å². The second kappa shape index (κ2) is 10.6. The van der Waals surface area contributed by atoms with Gasteiger partial charge in [0.25, 0.3) is 11.8 Å². The van der Waals surface area contributed by atoms with Crippen LogP contribution in [0.15, 0.2) is 72.8 Å². The molecule has 39 heavy (non-hydrogen) atoms. The summed E-state index contributed by atoms with van der Waals surface area (Å²) in [6.07, 6.45) is 0.556. The Labute approximate surface area is 225 Å². The summed E-state index contributed by atoms with van der Waals surface area (Å²) in [6.45, 7) is 1.88. The molecule has 0 saturated carbocycles. The highest BCUT2D eigenvalue weighted by atomic mass is 16.5. The number of hydrogen-bond acceptors (Lipinski definition) is 7. The minimum atomic E-state index is -0.152. The van der Waals surface area contributed by atoms with E-state index in [0.717, 1.165) is 11.1 Å². The van der Waals surface area contributed by atoms with Gasteiger partial charge in [0.15, 0.2) is 11.2 Å². The predicted molar refractivity (Wildman–Crippen MR) is 148 cm³/mol. The van der Waals surface area contributed by atoms with Crippen LogP contribution in [0, 0.1) is 12.3 Å². The fourth-order valence-electron chi connectivity index (χ4n) is 3.93. The van der Waals surface area contributed by atoms with Crippen molar-refractivity contribution in [1.82, 2.24) is 24.8 Å². The second-order valence-electron chi connectivity index (χ2n) is 9.18. The number of rotatable bonds is 8. The smallest absolute Gasteiger partial charge is 0.327 e. The van der Waals surface area contributed by atoms with Crippen molar-refractivity contribution in [3.05, 3.63) is 101 Å². The number of nitrogens with two attached hydrogens (primary N) is 1. The van der Waals surface area contributed by atoms with E-state index in [4.69, 9.17) is 25.6 Å². The third kappa shape index (κ3) is 5.69. The van der Waals surface area contributed by atoms with Gasteiger partial charge in [0.1, 0.15) is 23.2 Å². The van der Waals surface area contributed by atoms with Crippen LogP contribution in [0.5, 0.6) is 23.4 Å². The van der Waals surface area contributed by atoms with Gasteiger partial charge in [-0.15, -0.1) is 0 Å². The first kappa shape index (κ1) is 25.4. The minimum absolute atomic E-state index is 0.0160. The van der Waals surface area contributed by atoms with Crippen molar-refractivity contribution in [2.24, 2.45) is 5.73 Å². The monoisotopic (exact) mass is 521 g/mol. The van der Waals surface area contributed by atoms with Crippen LogP contribution in [0.2, 0.25) is 0 Å². The van der Waals surface area contributed by atoms with Crippen molar-refractivity contribution >= 4 is 22.9 Å². The standard InChI is InChI=1S/C29H27N7O3/c1-17-12-13-19(25(30)31)16-22(17)39-27-24-26(33-23(32-24)14-18-8-5-4-6-9-18)34-29(35-27)38-21-11-7-10-20(15-21)28(37)36(2)3/h4-13,15-16H,14H2,1-3H3,(H3,30,31)(H,32,33,34,35). The molecule has 0 aliphatic rings. The number of ether oxygens (including phenoxy) is 2. The van der Waals surface area contributed by atoms with Crippen molar-refractivity contribution in [1.29, 1.82) is 5.41 Å². The number of nitrogens with zero attached hydrogens (tertiary/aromatic N) is 4. The number of aromatic nitrogens is 4. The van der Waals surface area contributed by atoms with Crippen LogP contribution in [0.4, 0.5) is 0 Å². The van der Waals surface area contributed by atoms with Gasteiger partial charge in [-0.3, -0.25) is 10.2 Å². The molecule has 2 aromatic heterocycles. The fourth-order valence-corrected chi connectivity index (χ4v) is 3.93. The summed E-state index contributed by atoms with van der Waals surface area (Å²) in [5, 5.41) is 7.79. The first-order chi connectivity index (χ1) is 18.8. The Morgan fingerprint density at radius 1 is 0.949 bits per heavy atom. The van der Waals surface area contributed by atoms with Crippen LogP contribution < -0.4 is 15.2 Å². The number of hydrogen-bond donors (Lipinski definition) is 3. The number of H-pyrrole nitrogens is 1. The maximum atomic E-state index is 12.4. The van der Waals surface area contributed by atoms with Crippen LogP contribution in [-0.4, -0.2) is 50.7 Å². The first-order valence-electron chi connectivity index (χ1n) is 12.2. The van der Waals surface area contributed by atoms with E-state index in [9.17, 15) is 4.79 Å². The second-order valence-corrected chi connectivity index (χ2v) is 9.18. The lowest BCUT2D eigenvalue weighted by atomic mass is 10.1. The molecule has 0 atom stereocenters. The Balaban J connectivity index is 1.55. The number of carbonyl (C=O) groups excluding carboxylic acids is 1. The van der Waals surface area contributed by atoms with Gasteiger partial charge in [-0.25, -0.2) is 4.98 Å². The van der Waals surface area contributed by atoms with E-state index >= 15 is 0 Å². The quantitative estimate of drug-likeness (QED) is 0.196. The summed E-state index contributed by atoms with van der Waals surface area (Å²) in [4.78, 5) is 30.9. The van der Waals surface area contributed by atoms with Gasteiger partial charge in [-0.05, 0) is 42.3 Å². The van der Waals surface area contributed by atoms with E-state index in [-0.39, 0.29) is 23.6 Å². The molecule has 5 aromatic rings. The Bertz CT molecular complexity index is 1680. The molecule has 10 heteroatoms. The average Bonchev–Trinajstić information content (AvgIpc) is 3.32. The molecule has 0 radical (unpaired) electrons. The molecular weight excluding hydrogens is 494 g/mol. The summed E-state index contributed by atoms with van der Waals surface area (Å²) in [5.74, 6) is 1.50. The number of imidazole rings is 1. The molecule has 1 amide bonds. The van der Waals surface area contributed by atoms with Crippen molar-refractivity contribution in [2.45, 2.75) is 13.3 Å². The number of amides is 1. The summed E-state index contributed by atoms with van der Waals surface area (Å²) in [7, 11) is 3.37. The topological polar surface area (TPSA) is 143 Å². The van der Waals surface area contributed by atoms with Crippen LogP contribution in [0.25, 0.3) is 11.2 Å². The highest BCUT2D eigenvalue weighted by molar-refractivity contribution is 5.95. The Morgan fingerprint density at radius 2 is 1.74 bits per heavy atom. The van der Waals surface area contributed by atoms with Gasteiger partial charge in [0.2, 0.25) is 0 Å². The lowest BCUT2D eigenvalue weighted by molar-refractivity contribution is 0.0827. The molecule has 3 aromatic carbocycles. The molecule has 0 fully saturated rings. The number of carbonyl (C=O) groups is 1. The molecular formula is C29H27N7O3. The molecule has 0 unspecified atom stereocenters. The Kier molecular flexibility index (Phi) is 6.92. The Morgan fingerprint density at radius 3 is 2.49 bits per heavy atom. The molecule has 0 bridgehead atoms. The first-order valence-corrected chi connectivity index (χ1v) is 12.2. The number of nitrogen functional groups attached to an aromatic ring is 1. The number of benzene rings is 3. The van der Waals surface area contributed by atoms with Crippen LogP contribution in [-0.2, 0) is 6.42 Å². The van der Waals surface area contributed by atoms with Crippen LogP contribution >= 0.6 is 0 Å². The zero-order valence-corrected chi connectivity index (χ0v) is 21.7. The summed E-state index contributed by atoms with van der Waals surface area (Å²) < 4.78 is 12.2. The van der Waals surface area contributed by atoms with Gasteiger partial charge in [-0.2, -0.15) is 9.97 Å². The number of fused-ring (bicyclic) bond motifs is 1. The SMILES string of the molecule is Cc1ccc(C(=N)N)cc1Oc1nc(Oc2cccc(C(=O)N(C)C)c2)nc2[nH]c(Cc3ccccc3)nc12. The lowest BCUT2D eigenvalue weighted by Gasteiger charge is -2.12. The van der Waals surface area contributed by atoms with Gasteiger partial charge in [-0.1, -0.05) is 48.5 Å². The maximum Gasteiger partial charge on any atom is 0.327 e. The highest BCUT2D eigenvalue weighted by Crippen LogP contribution is 2.32. The molecule has 196 valence electrons. The van der Waals surface area contributed by atoms with E-state index in [1.54, 1.807) is 50.5 Å². The summed E-state index contributed by atoms with van der Waals surface area (Å²) in [5.41, 5.74) is 9.45. The number of nitrogens with one attached hydrogen (secondary N) is 2. The van der Waals surface area contributed by atoms with E-state index in [1.807, 2.05) is 43.3 Å². The molecule has 10 nitrogen and oxygen atoms in total. The van der Waals surface area contributed by atoms with Crippen LogP contribution in [0.1, 0.15) is 32.9 Å². The van der Waals surface area contributed by atoms with Crippen molar-refractivity contribution in [3.8, 4) is 23.4 Å². The number of aromatic amines is 1. The molecule has 4 N–H and O–H groups in total. The predicted octanol–water partition coefficient (Wildman–Crippen LogP) is 4.82. The molecule has 0 saturated heterocycles. The zero-order chi connectivity index (χ0) is 27.5. The number of amidine groups is 1. The van der Waals surface area contributed by atoms with Gasteiger partial charge in [0.05, 0.1) is 0 Å². The normalized spacial score (nSPS) is 10.8.